The number of nitrogens with one attached hydrogen (secondary N) is 1. The predicted molar refractivity (Wildman–Crippen MR) is 137 cm³/mol. The van der Waals surface area contributed by atoms with Crippen LogP contribution >= 0.6 is 0 Å². The smallest absolute Gasteiger partial charge is 0.337 e. The van der Waals surface area contributed by atoms with Crippen molar-refractivity contribution in [3.05, 3.63) is 95.1 Å². The van der Waals surface area contributed by atoms with E-state index in [1.54, 1.807) is 54.6 Å². The molecule has 3 aromatic rings. The van der Waals surface area contributed by atoms with Gasteiger partial charge in [-0.25, -0.2) is 13.2 Å². The largest absolute Gasteiger partial charge is 0.465 e. The lowest BCUT2D eigenvalue weighted by atomic mass is 10.1. The van der Waals surface area contributed by atoms with Crippen molar-refractivity contribution in [2.45, 2.75) is 18.4 Å². The summed E-state index contributed by atoms with van der Waals surface area (Å²) in [4.78, 5) is 27.3. The molecule has 1 aliphatic heterocycles. The molecule has 0 unspecified atom stereocenters. The van der Waals surface area contributed by atoms with Crippen LogP contribution in [0.1, 0.15) is 31.8 Å². The Morgan fingerprint density at radius 2 is 1.61 bits per heavy atom. The normalized spacial score (nSPS) is 14.8. The summed E-state index contributed by atoms with van der Waals surface area (Å²) in [6.45, 7) is 4.48. The van der Waals surface area contributed by atoms with Gasteiger partial charge in [0.25, 0.3) is 5.91 Å². The minimum Gasteiger partial charge on any atom is -0.465 e. The van der Waals surface area contributed by atoms with E-state index in [4.69, 9.17) is 4.74 Å². The molecule has 0 aromatic heterocycles. The molecule has 1 saturated heterocycles. The van der Waals surface area contributed by atoms with Crippen molar-refractivity contribution in [2.75, 3.05) is 38.6 Å². The molecule has 36 heavy (non-hydrogen) atoms. The minimum atomic E-state index is -3.50. The maximum absolute atomic E-state index is 12.9. The fourth-order valence-corrected chi connectivity index (χ4v) is 5.58. The first-order valence-electron chi connectivity index (χ1n) is 11.6. The van der Waals surface area contributed by atoms with Gasteiger partial charge in [-0.05, 0) is 54.4 Å². The third kappa shape index (κ3) is 5.81. The van der Waals surface area contributed by atoms with Gasteiger partial charge in [0, 0.05) is 44.0 Å². The number of methoxy groups -OCH3 is 1. The second-order valence-corrected chi connectivity index (χ2v) is 10.6. The summed E-state index contributed by atoms with van der Waals surface area (Å²) >= 11 is 0. The number of hydrogen-bond donors (Lipinski definition) is 1. The molecule has 9 heteroatoms. The van der Waals surface area contributed by atoms with E-state index in [9.17, 15) is 18.0 Å². The predicted octanol–water partition coefficient (Wildman–Crippen LogP) is 3.54. The number of sulfonamides is 1. The fraction of sp³-hybridized carbons (Fsp3) is 0.259. The van der Waals surface area contributed by atoms with E-state index < -0.39 is 16.0 Å². The highest BCUT2D eigenvalue weighted by atomic mass is 32.2. The minimum absolute atomic E-state index is 0.277. The molecule has 0 bridgehead atoms. The molecule has 188 valence electrons. The van der Waals surface area contributed by atoms with Crippen LogP contribution in [-0.2, 0) is 21.3 Å². The molecule has 1 heterocycles. The van der Waals surface area contributed by atoms with Crippen molar-refractivity contribution >= 4 is 27.6 Å². The fourth-order valence-electron chi connectivity index (χ4n) is 4.13. The van der Waals surface area contributed by atoms with Crippen LogP contribution in [0.25, 0.3) is 0 Å². The Hall–Kier alpha value is -3.53. The third-order valence-corrected chi connectivity index (χ3v) is 8.13. The Bertz CT molecular complexity index is 1350. The van der Waals surface area contributed by atoms with E-state index in [2.05, 4.69) is 10.2 Å². The monoisotopic (exact) mass is 507 g/mol. The molecular formula is C27H29N3O5S. The number of hydrogen-bond acceptors (Lipinski definition) is 6. The van der Waals surface area contributed by atoms with E-state index in [1.807, 2.05) is 25.1 Å². The zero-order chi connectivity index (χ0) is 25.7. The first-order chi connectivity index (χ1) is 17.3. The van der Waals surface area contributed by atoms with Crippen LogP contribution < -0.4 is 5.32 Å². The second kappa shape index (κ2) is 11.0. The van der Waals surface area contributed by atoms with Gasteiger partial charge in [-0.3, -0.25) is 9.69 Å². The number of rotatable bonds is 7. The zero-order valence-electron chi connectivity index (χ0n) is 20.3. The lowest BCUT2D eigenvalue weighted by Gasteiger charge is -2.34. The number of piperazine rings is 1. The van der Waals surface area contributed by atoms with Gasteiger partial charge in [-0.2, -0.15) is 4.31 Å². The van der Waals surface area contributed by atoms with Gasteiger partial charge in [0.05, 0.1) is 17.6 Å². The van der Waals surface area contributed by atoms with Gasteiger partial charge in [-0.15, -0.1) is 0 Å². The number of esters is 1. The van der Waals surface area contributed by atoms with Gasteiger partial charge < -0.3 is 10.1 Å². The van der Waals surface area contributed by atoms with Gasteiger partial charge >= 0.3 is 5.97 Å². The Balaban J connectivity index is 1.38. The SMILES string of the molecule is COC(=O)c1ccc(C)c(NC(=O)c2cccc(CN3CCN(S(=O)(=O)c4ccccc4)CC3)c2)c1. The molecule has 3 aromatic carbocycles. The van der Waals surface area contributed by atoms with Crippen molar-refractivity contribution in [3.8, 4) is 0 Å². The van der Waals surface area contributed by atoms with Gasteiger partial charge in [0.1, 0.15) is 0 Å². The van der Waals surface area contributed by atoms with E-state index in [0.29, 0.717) is 54.4 Å². The van der Waals surface area contributed by atoms with Crippen LogP contribution in [0.15, 0.2) is 77.7 Å². The van der Waals surface area contributed by atoms with E-state index in [0.717, 1.165) is 11.1 Å². The number of ether oxygens (including phenoxy) is 1. The van der Waals surface area contributed by atoms with Crippen LogP contribution in [0.4, 0.5) is 5.69 Å². The second-order valence-electron chi connectivity index (χ2n) is 8.67. The highest BCUT2D eigenvalue weighted by molar-refractivity contribution is 7.89. The van der Waals surface area contributed by atoms with Crippen LogP contribution in [-0.4, -0.2) is 62.8 Å². The zero-order valence-corrected chi connectivity index (χ0v) is 21.1. The summed E-state index contributed by atoms with van der Waals surface area (Å²) in [5, 5.41) is 2.88. The molecule has 0 atom stereocenters. The summed E-state index contributed by atoms with van der Waals surface area (Å²) in [7, 11) is -2.18. The Morgan fingerprint density at radius 1 is 0.889 bits per heavy atom. The molecule has 0 saturated carbocycles. The van der Waals surface area contributed by atoms with Crippen molar-refractivity contribution < 1.29 is 22.7 Å². The molecule has 1 aliphatic rings. The van der Waals surface area contributed by atoms with Gasteiger partial charge in [0.2, 0.25) is 10.0 Å². The summed E-state index contributed by atoms with van der Waals surface area (Å²) in [5.74, 6) is -0.745. The van der Waals surface area contributed by atoms with E-state index in [1.165, 1.54) is 11.4 Å². The molecule has 1 fully saturated rings. The number of benzene rings is 3. The highest BCUT2D eigenvalue weighted by Crippen LogP contribution is 2.21. The number of aryl methyl sites for hydroxylation is 1. The lowest BCUT2D eigenvalue weighted by Crippen LogP contribution is -2.48. The number of nitrogens with zero attached hydrogens (tertiary/aromatic N) is 2. The standard InChI is InChI=1S/C27H29N3O5S/c1-20-11-12-23(27(32)35-2)18-25(20)28-26(31)22-8-6-7-21(17-22)19-29-13-15-30(16-14-29)36(33,34)24-9-4-3-5-10-24/h3-12,17-18H,13-16,19H2,1-2H3,(H,28,31). The van der Waals surface area contributed by atoms with E-state index >= 15 is 0 Å². The maximum Gasteiger partial charge on any atom is 0.337 e. The third-order valence-electron chi connectivity index (χ3n) is 6.21. The molecule has 1 N–H and O–H groups in total. The Labute approximate surface area is 211 Å². The molecule has 1 amide bonds. The van der Waals surface area contributed by atoms with Crippen molar-refractivity contribution in [1.29, 1.82) is 0 Å². The van der Waals surface area contributed by atoms with Crippen molar-refractivity contribution in [3.63, 3.8) is 0 Å². The maximum atomic E-state index is 12.9. The van der Waals surface area contributed by atoms with Crippen molar-refractivity contribution in [1.82, 2.24) is 9.21 Å². The first-order valence-corrected chi connectivity index (χ1v) is 13.1. The van der Waals surface area contributed by atoms with Crippen LogP contribution in [0, 0.1) is 6.92 Å². The summed E-state index contributed by atoms with van der Waals surface area (Å²) in [6, 6.07) is 20.9. The number of anilines is 1. The summed E-state index contributed by atoms with van der Waals surface area (Å²) in [5.41, 5.74) is 3.20. The summed E-state index contributed by atoms with van der Waals surface area (Å²) < 4.78 is 32.0. The topological polar surface area (TPSA) is 96.0 Å². The molecular weight excluding hydrogens is 478 g/mol. The summed E-state index contributed by atoms with van der Waals surface area (Å²) in [6.07, 6.45) is 0. The number of carbonyl (C=O) groups is 2. The van der Waals surface area contributed by atoms with Crippen LogP contribution in [0.3, 0.4) is 0 Å². The quantitative estimate of drug-likeness (QED) is 0.492. The van der Waals surface area contributed by atoms with Gasteiger partial charge in [0.15, 0.2) is 0 Å². The molecule has 0 aliphatic carbocycles. The highest BCUT2D eigenvalue weighted by Gasteiger charge is 2.28. The first kappa shape index (κ1) is 25.6. The molecule has 0 spiro atoms. The Kier molecular flexibility index (Phi) is 7.83. The van der Waals surface area contributed by atoms with Crippen LogP contribution in [0.2, 0.25) is 0 Å². The van der Waals surface area contributed by atoms with Crippen LogP contribution in [0.5, 0.6) is 0 Å². The number of carbonyl (C=O) groups excluding carboxylic acids is 2. The number of amides is 1. The van der Waals surface area contributed by atoms with Crippen molar-refractivity contribution in [2.24, 2.45) is 0 Å². The Morgan fingerprint density at radius 3 is 2.31 bits per heavy atom. The van der Waals surface area contributed by atoms with E-state index in [-0.39, 0.29) is 5.91 Å². The molecule has 4 rings (SSSR count). The average Bonchev–Trinajstić information content (AvgIpc) is 2.90. The lowest BCUT2D eigenvalue weighted by molar-refractivity contribution is 0.0600. The molecule has 0 radical (unpaired) electrons. The van der Waals surface area contributed by atoms with Gasteiger partial charge in [-0.1, -0.05) is 36.4 Å². The molecule has 8 nitrogen and oxygen atoms in total. The average molecular weight is 508 g/mol.